The van der Waals surface area contributed by atoms with Crippen molar-refractivity contribution in [3.8, 4) is 0 Å². The predicted octanol–water partition coefficient (Wildman–Crippen LogP) is 3.46. The van der Waals surface area contributed by atoms with E-state index in [9.17, 15) is 4.79 Å². The summed E-state index contributed by atoms with van der Waals surface area (Å²) in [6.45, 7) is 6.32. The zero-order valence-electron chi connectivity index (χ0n) is 11.4. The number of carbonyl (C=O) groups excluding carboxylic acids is 1. The Morgan fingerprint density at radius 2 is 2.11 bits per heavy atom. The van der Waals surface area contributed by atoms with E-state index < -0.39 is 0 Å². The number of benzene rings is 1. The second-order valence-electron chi connectivity index (χ2n) is 5.06. The lowest BCUT2D eigenvalue weighted by atomic mass is 10.0. The number of rotatable bonds is 6. The Morgan fingerprint density at radius 3 is 2.67 bits per heavy atom. The standard InChI is InChI=1S/C15H22BrNO/c1-11(2)14(7-8-16)17-15(18)10-13-6-4-5-12(3)9-13/h4-6,9,11,14H,7-8,10H2,1-3H3,(H,17,18). The molecule has 18 heavy (non-hydrogen) atoms. The lowest BCUT2D eigenvalue weighted by Crippen LogP contribution is -2.39. The van der Waals surface area contributed by atoms with Crippen molar-refractivity contribution in [2.75, 3.05) is 5.33 Å². The number of nitrogens with one attached hydrogen (secondary N) is 1. The maximum Gasteiger partial charge on any atom is 0.224 e. The zero-order chi connectivity index (χ0) is 13.5. The van der Waals surface area contributed by atoms with Crippen LogP contribution < -0.4 is 5.32 Å². The van der Waals surface area contributed by atoms with Gasteiger partial charge in [-0.05, 0) is 24.8 Å². The molecule has 0 radical (unpaired) electrons. The average molecular weight is 312 g/mol. The summed E-state index contributed by atoms with van der Waals surface area (Å²) in [5.74, 6) is 0.573. The van der Waals surface area contributed by atoms with Gasteiger partial charge >= 0.3 is 0 Å². The monoisotopic (exact) mass is 311 g/mol. The van der Waals surface area contributed by atoms with Gasteiger partial charge in [-0.1, -0.05) is 59.6 Å². The van der Waals surface area contributed by atoms with Crippen molar-refractivity contribution in [1.82, 2.24) is 5.32 Å². The van der Waals surface area contributed by atoms with Crippen LogP contribution in [0.5, 0.6) is 0 Å². The van der Waals surface area contributed by atoms with E-state index in [0.29, 0.717) is 12.3 Å². The molecular weight excluding hydrogens is 290 g/mol. The molecule has 1 aromatic rings. The molecule has 0 aliphatic heterocycles. The first kappa shape index (κ1) is 15.2. The molecule has 1 unspecified atom stereocenters. The molecule has 0 aliphatic carbocycles. The smallest absolute Gasteiger partial charge is 0.224 e. The van der Waals surface area contributed by atoms with Crippen LogP contribution in [0.15, 0.2) is 24.3 Å². The Morgan fingerprint density at radius 1 is 1.39 bits per heavy atom. The van der Waals surface area contributed by atoms with Gasteiger partial charge in [-0.3, -0.25) is 4.79 Å². The summed E-state index contributed by atoms with van der Waals surface area (Å²) in [4.78, 5) is 12.0. The Hall–Kier alpha value is -0.830. The third-order valence-electron chi connectivity index (χ3n) is 3.02. The Labute approximate surface area is 118 Å². The summed E-state index contributed by atoms with van der Waals surface area (Å²) in [6.07, 6.45) is 1.43. The van der Waals surface area contributed by atoms with E-state index >= 15 is 0 Å². The second kappa shape index (κ2) is 7.57. The molecule has 0 saturated heterocycles. The largest absolute Gasteiger partial charge is 0.353 e. The summed E-state index contributed by atoms with van der Waals surface area (Å²) in [5, 5.41) is 4.03. The maximum atomic E-state index is 12.0. The van der Waals surface area contributed by atoms with E-state index in [4.69, 9.17) is 0 Å². The summed E-state index contributed by atoms with van der Waals surface area (Å²) in [7, 11) is 0. The highest BCUT2D eigenvalue weighted by Gasteiger charge is 2.15. The molecule has 0 aromatic heterocycles. The maximum absolute atomic E-state index is 12.0. The molecule has 3 heteroatoms. The van der Waals surface area contributed by atoms with Crippen LogP contribution in [0.4, 0.5) is 0 Å². The SMILES string of the molecule is Cc1cccc(CC(=O)NC(CCBr)C(C)C)c1. The fourth-order valence-electron chi connectivity index (χ4n) is 1.96. The first-order valence-electron chi connectivity index (χ1n) is 6.43. The quantitative estimate of drug-likeness (QED) is 0.801. The fraction of sp³-hybridized carbons (Fsp3) is 0.533. The van der Waals surface area contributed by atoms with Gasteiger partial charge in [0.05, 0.1) is 6.42 Å². The third kappa shape index (κ3) is 5.21. The number of alkyl halides is 1. The molecular formula is C15H22BrNO. The number of hydrogen-bond acceptors (Lipinski definition) is 1. The molecule has 100 valence electrons. The fourth-order valence-corrected chi connectivity index (χ4v) is 2.45. The Balaban J connectivity index is 2.55. The van der Waals surface area contributed by atoms with Gasteiger partial charge in [-0.25, -0.2) is 0 Å². The summed E-state index contributed by atoms with van der Waals surface area (Å²) in [6, 6.07) is 8.36. The number of aryl methyl sites for hydroxylation is 1. The van der Waals surface area contributed by atoms with Crippen LogP contribution >= 0.6 is 15.9 Å². The van der Waals surface area contributed by atoms with Crippen LogP contribution in [0.3, 0.4) is 0 Å². The highest BCUT2D eigenvalue weighted by Crippen LogP contribution is 2.09. The van der Waals surface area contributed by atoms with Crippen molar-refractivity contribution in [2.45, 2.75) is 39.7 Å². The van der Waals surface area contributed by atoms with E-state index in [2.05, 4.69) is 41.2 Å². The van der Waals surface area contributed by atoms with Crippen molar-refractivity contribution in [3.05, 3.63) is 35.4 Å². The third-order valence-corrected chi connectivity index (χ3v) is 3.48. The highest BCUT2D eigenvalue weighted by atomic mass is 79.9. The molecule has 0 fully saturated rings. The first-order chi connectivity index (χ1) is 8.52. The summed E-state index contributed by atoms with van der Waals surface area (Å²) < 4.78 is 0. The minimum absolute atomic E-state index is 0.111. The molecule has 1 amide bonds. The van der Waals surface area contributed by atoms with Gasteiger partial charge in [0.25, 0.3) is 0 Å². The van der Waals surface area contributed by atoms with E-state index in [0.717, 1.165) is 17.3 Å². The van der Waals surface area contributed by atoms with E-state index in [-0.39, 0.29) is 11.9 Å². The molecule has 1 atom stereocenters. The lowest BCUT2D eigenvalue weighted by molar-refractivity contribution is -0.121. The van der Waals surface area contributed by atoms with Crippen LogP contribution in [-0.2, 0) is 11.2 Å². The van der Waals surface area contributed by atoms with Gasteiger partial charge in [0.15, 0.2) is 0 Å². The van der Waals surface area contributed by atoms with Gasteiger partial charge in [-0.15, -0.1) is 0 Å². The first-order valence-corrected chi connectivity index (χ1v) is 7.56. The normalized spacial score (nSPS) is 12.5. The van der Waals surface area contributed by atoms with Crippen LogP contribution in [0.25, 0.3) is 0 Å². The molecule has 1 N–H and O–H groups in total. The van der Waals surface area contributed by atoms with Gasteiger partial charge < -0.3 is 5.32 Å². The van der Waals surface area contributed by atoms with Gasteiger partial charge in [0, 0.05) is 11.4 Å². The summed E-state index contributed by atoms with van der Waals surface area (Å²) >= 11 is 3.43. The van der Waals surface area contributed by atoms with Crippen LogP contribution in [0.2, 0.25) is 0 Å². The highest BCUT2D eigenvalue weighted by molar-refractivity contribution is 9.09. The number of halogens is 1. The molecule has 0 spiro atoms. The van der Waals surface area contributed by atoms with Crippen LogP contribution in [-0.4, -0.2) is 17.3 Å². The molecule has 0 heterocycles. The lowest BCUT2D eigenvalue weighted by Gasteiger charge is -2.21. The van der Waals surface area contributed by atoms with Crippen molar-refractivity contribution < 1.29 is 4.79 Å². The minimum atomic E-state index is 0.111. The van der Waals surface area contributed by atoms with Gasteiger partial charge in [0.2, 0.25) is 5.91 Å². The van der Waals surface area contributed by atoms with Gasteiger partial charge in [-0.2, -0.15) is 0 Å². The molecule has 0 saturated carbocycles. The van der Waals surface area contributed by atoms with Crippen LogP contribution in [0, 0.1) is 12.8 Å². The minimum Gasteiger partial charge on any atom is -0.353 e. The second-order valence-corrected chi connectivity index (χ2v) is 5.85. The average Bonchev–Trinajstić information content (AvgIpc) is 2.28. The van der Waals surface area contributed by atoms with Gasteiger partial charge in [0.1, 0.15) is 0 Å². The van der Waals surface area contributed by atoms with Crippen molar-refractivity contribution in [1.29, 1.82) is 0 Å². The van der Waals surface area contributed by atoms with E-state index in [1.54, 1.807) is 0 Å². The number of hydrogen-bond donors (Lipinski definition) is 1. The van der Waals surface area contributed by atoms with E-state index in [1.807, 2.05) is 25.1 Å². The van der Waals surface area contributed by atoms with Crippen molar-refractivity contribution >= 4 is 21.8 Å². The molecule has 2 nitrogen and oxygen atoms in total. The topological polar surface area (TPSA) is 29.1 Å². The molecule has 0 bridgehead atoms. The molecule has 0 aliphatic rings. The predicted molar refractivity (Wildman–Crippen MR) is 80.1 cm³/mol. The van der Waals surface area contributed by atoms with E-state index in [1.165, 1.54) is 5.56 Å². The molecule has 1 aromatic carbocycles. The van der Waals surface area contributed by atoms with Crippen LogP contribution in [0.1, 0.15) is 31.4 Å². The van der Waals surface area contributed by atoms with Crippen molar-refractivity contribution in [2.24, 2.45) is 5.92 Å². The molecule has 1 rings (SSSR count). The number of carbonyl (C=O) groups is 1. The summed E-state index contributed by atoms with van der Waals surface area (Å²) in [5.41, 5.74) is 2.27. The Bertz CT molecular complexity index is 390. The zero-order valence-corrected chi connectivity index (χ0v) is 13.0. The van der Waals surface area contributed by atoms with Crippen molar-refractivity contribution in [3.63, 3.8) is 0 Å². The number of amides is 1. The Kier molecular flexibility index (Phi) is 6.41.